The zero-order chi connectivity index (χ0) is 20.5. The Hall–Kier alpha value is -2.94. The summed E-state index contributed by atoms with van der Waals surface area (Å²) in [5, 5.41) is 6.46. The highest BCUT2D eigenvalue weighted by Crippen LogP contribution is 2.31. The molecule has 0 bridgehead atoms. The Morgan fingerprint density at radius 1 is 1.07 bits per heavy atom. The van der Waals surface area contributed by atoms with Gasteiger partial charge >= 0.3 is 0 Å². The molecule has 0 radical (unpaired) electrons. The van der Waals surface area contributed by atoms with Crippen LogP contribution in [-0.2, 0) is 9.59 Å². The number of hydrogen-bond acceptors (Lipinski definition) is 5. The van der Waals surface area contributed by atoms with E-state index in [1.807, 2.05) is 0 Å². The molecule has 0 aromatic heterocycles. The molecular weight excluding hydrogens is 433 g/mol. The summed E-state index contributed by atoms with van der Waals surface area (Å²) < 4.78 is 24.0. The van der Waals surface area contributed by atoms with Gasteiger partial charge in [0, 0.05) is 30.2 Å². The number of ether oxygens (including phenoxy) is 2. The van der Waals surface area contributed by atoms with Gasteiger partial charge in [-0.15, -0.1) is 0 Å². The first kappa shape index (κ1) is 21.4. The molecule has 148 valence electrons. The first-order valence-corrected chi connectivity index (χ1v) is 9.01. The van der Waals surface area contributed by atoms with Crippen molar-refractivity contribution in [1.29, 1.82) is 0 Å². The van der Waals surface area contributed by atoms with Crippen LogP contribution < -0.4 is 20.2 Å². The van der Waals surface area contributed by atoms with Gasteiger partial charge in [0.2, 0.25) is 11.8 Å². The lowest BCUT2D eigenvalue weighted by Gasteiger charge is -2.09. The van der Waals surface area contributed by atoms with Crippen molar-refractivity contribution in [3.8, 4) is 11.5 Å². The van der Waals surface area contributed by atoms with Crippen molar-refractivity contribution in [3.05, 3.63) is 52.3 Å². The third-order valence-electron chi connectivity index (χ3n) is 3.60. The zero-order valence-corrected chi connectivity index (χ0v) is 16.9. The highest BCUT2D eigenvalue weighted by atomic mass is 79.9. The number of anilines is 1. The van der Waals surface area contributed by atoms with Gasteiger partial charge in [0.15, 0.2) is 0 Å². The van der Waals surface area contributed by atoms with E-state index in [4.69, 9.17) is 9.47 Å². The van der Waals surface area contributed by atoms with E-state index in [9.17, 15) is 14.0 Å². The van der Waals surface area contributed by atoms with Crippen LogP contribution in [0.2, 0.25) is 0 Å². The summed E-state index contributed by atoms with van der Waals surface area (Å²) in [4.78, 5) is 23.7. The Bertz CT molecular complexity index is 872. The molecule has 2 rings (SSSR count). The van der Waals surface area contributed by atoms with Gasteiger partial charge in [-0.25, -0.2) is 9.82 Å². The first-order chi connectivity index (χ1) is 13.4. The number of amides is 2. The highest BCUT2D eigenvalue weighted by molar-refractivity contribution is 9.10. The second-order valence-corrected chi connectivity index (χ2v) is 6.43. The summed E-state index contributed by atoms with van der Waals surface area (Å²) in [6.45, 7) is 0. The van der Waals surface area contributed by atoms with Crippen molar-refractivity contribution in [2.24, 2.45) is 5.10 Å². The average molecular weight is 452 g/mol. The number of halogens is 2. The van der Waals surface area contributed by atoms with Gasteiger partial charge in [-0.3, -0.25) is 9.59 Å². The quantitative estimate of drug-likeness (QED) is 0.474. The van der Waals surface area contributed by atoms with Gasteiger partial charge in [0.1, 0.15) is 17.3 Å². The molecule has 0 heterocycles. The summed E-state index contributed by atoms with van der Waals surface area (Å²) in [7, 11) is 3.05. The minimum atomic E-state index is -0.419. The number of benzene rings is 2. The molecule has 0 unspecified atom stereocenters. The molecule has 0 saturated carbocycles. The van der Waals surface area contributed by atoms with E-state index in [1.54, 1.807) is 19.2 Å². The van der Waals surface area contributed by atoms with Gasteiger partial charge in [-0.1, -0.05) is 0 Å². The minimum absolute atomic E-state index is 0.0316. The normalized spacial score (nSPS) is 10.6. The third kappa shape index (κ3) is 6.34. The van der Waals surface area contributed by atoms with E-state index in [0.29, 0.717) is 27.2 Å². The monoisotopic (exact) mass is 451 g/mol. The largest absolute Gasteiger partial charge is 0.496 e. The number of hydrogen-bond donors (Lipinski definition) is 2. The van der Waals surface area contributed by atoms with Crippen LogP contribution in [0.3, 0.4) is 0 Å². The Kier molecular flexibility index (Phi) is 7.94. The van der Waals surface area contributed by atoms with Gasteiger partial charge in [0.05, 0.1) is 24.9 Å². The summed E-state index contributed by atoms with van der Waals surface area (Å²) in [6, 6.07) is 8.79. The van der Waals surface area contributed by atoms with Crippen LogP contribution in [-0.4, -0.2) is 32.2 Å². The molecule has 2 N–H and O–H groups in total. The molecule has 0 aliphatic carbocycles. The summed E-state index contributed by atoms with van der Waals surface area (Å²) >= 11 is 3.37. The van der Waals surface area contributed by atoms with E-state index >= 15 is 0 Å². The van der Waals surface area contributed by atoms with Crippen LogP contribution in [0.1, 0.15) is 18.4 Å². The Labute approximate surface area is 170 Å². The second-order valence-electron chi connectivity index (χ2n) is 5.58. The lowest BCUT2D eigenvalue weighted by molar-refractivity contribution is -0.124. The Balaban J connectivity index is 1.84. The highest BCUT2D eigenvalue weighted by Gasteiger charge is 2.09. The van der Waals surface area contributed by atoms with Crippen LogP contribution in [0.25, 0.3) is 0 Å². The third-order valence-corrected chi connectivity index (χ3v) is 4.22. The smallest absolute Gasteiger partial charge is 0.240 e. The summed E-state index contributed by atoms with van der Waals surface area (Å²) in [6.07, 6.45) is 1.35. The Morgan fingerprint density at radius 3 is 2.36 bits per heavy atom. The van der Waals surface area contributed by atoms with Crippen LogP contribution in [0.5, 0.6) is 11.5 Å². The lowest BCUT2D eigenvalue weighted by atomic mass is 10.2. The van der Waals surface area contributed by atoms with Crippen LogP contribution in [0, 0.1) is 5.82 Å². The number of rotatable bonds is 8. The summed E-state index contributed by atoms with van der Waals surface area (Å²) in [5.41, 5.74) is 3.45. The molecule has 0 aliphatic heterocycles. The maximum absolute atomic E-state index is 12.8. The maximum Gasteiger partial charge on any atom is 0.240 e. The number of carbonyl (C=O) groups is 2. The van der Waals surface area contributed by atoms with Crippen molar-refractivity contribution in [2.45, 2.75) is 12.8 Å². The molecule has 0 fully saturated rings. The fourth-order valence-corrected chi connectivity index (χ4v) is 2.72. The minimum Gasteiger partial charge on any atom is -0.496 e. The van der Waals surface area contributed by atoms with E-state index < -0.39 is 11.7 Å². The summed E-state index contributed by atoms with van der Waals surface area (Å²) in [5.74, 6) is -0.0405. The zero-order valence-electron chi connectivity index (χ0n) is 15.3. The predicted molar refractivity (Wildman–Crippen MR) is 107 cm³/mol. The number of carbonyl (C=O) groups excluding carboxylic acids is 2. The molecule has 0 aliphatic rings. The molecule has 2 aromatic carbocycles. The molecule has 0 atom stereocenters. The fourth-order valence-electron chi connectivity index (χ4n) is 2.20. The number of hydrazone groups is 1. The van der Waals surface area contributed by atoms with Crippen LogP contribution in [0.15, 0.2) is 46.0 Å². The molecule has 7 nitrogen and oxygen atoms in total. The van der Waals surface area contributed by atoms with Gasteiger partial charge in [-0.05, 0) is 46.3 Å². The molecule has 9 heteroatoms. The van der Waals surface area contributed by atoms with Gasteiger partial charge < -0.3 is 14.8 Å². The number of nitrogens with one attached hydrogen (secondary N) is 2. The van der Waals surface area contributed by atoms with E-state index in [1.165, 1.54) is 37.6 Å². The molecule has 0 spiro atoms. The molecule has 0 saturated heterocycles. The number of nitrogens with zero attached hydrogens (tertiary/aromatic N) is 1. The van der Waals surface area contributed by atoms with E-state index in [-0.39, 0.29) is 18.7 Å². The topological polar surface area (TPSA) is 89.0 Å². The lowest BCUT2D eigenvalue weighted by Crippen LogP contribution is -2.20. The van der Waals surface area contributed by atoms with Crippen molar-refractivity contribution in [2.75, 3.05) is 19.5 Å². The van der Waals surface area contributed by atoms with Gasteiger partial charge in [0.25, 0.3) is 0 Å². The van der Waals surface area contributed by atoms with Crippen molar-refractivity contribution in [1.82, 2.24) is 5.43 Å². The molecule has 2 aromatic rings. The molecular formula is C19H19BrFN3O4. The predicted octanol–water partition coefficient (Wildman–Crippen LogP) is 3.47. The fraction of sp³-hybridized carbons (Fsp3) is 0.211. The van der Waals surface area contributed by atoms with Crippen molar-refractivity contribution in [3.63, 3.8) is 0 Å². The van der Waals surface area contributed by atoms with E-state index in [0.717, 1.165) is 0 Å². The Morgan fingerprint density at radius 2 is 1.71 bits per heavy atom. The van der Waals surface area contributed by atoms with Crippen LogP contribution >= 0.6 is 15.9 Å². The number of methoxy groups -OCH3 is 2. The van der Waals surface area contributed by atoms with Crippen LogP contribution in [0.4, 0.5) is 10.1 Å². The molecule has 2 amide bonds. The average Bonchev–Trinajstić information content (AvgIpc) is 2.68. The molecule has 28 heavy (non-hydrogen) atoms. The SMILES string of the molecule is COc1cc(OC)c(C=NNC(=O)CCC(=O)Nc2ccc(F)cc2)cc1Br. The maximum atomic E-state index is 12.8. The second kappa shape index (κ2) is 10.4. The van der Waals surface area contributed by atoms with Crippen molar-refractivity contribution < 1.29 is 23.5 Å². The van der Waals surface area contributed by atoms with Gasteiger partial charge in [-0.2, -0.15) is 5.10 Å². The standard InChI is InChI=1S/C19H19BrFN3O4/c1-27-16-10-17(28-2)15(20)9-12(16)11-22-24-19(26)8-7-18(25)23-14-5-3-13(21)4-6-14/h3-6,9-11H,7-8H2,1-2H3,(H,23,25)(H,24,26). The van der Waals surface area contributed by atoms with Crippen molar-refractivity contribution >= 4 is 39.6 Å². The van der Waals surface area contributed by atoms with E-state index in [2.05, 4.69) is 31.8 Å². The first-order valence-electron chi connectivity index (χ1n) is 8.21.